The SMILES string of the molecule is O=C(NCc1n[nH]c2c1CCCCC2)[C@@H]1CC(=O)N(Cc2cccnc2)C1. The molecule has 7 nitrogen and oxygen atoms in total. The monoisotopic (exact) mass is 367 g/mol. The molecule has 2 aliphatic rings. The van der Waals surface area contributed by atoms with E-state index in [1.807, 2.05) is 12.1 Å². The Kier molecular flexibility index (Phi) is 5.18. The normalized spacial score (nSPS) is 19.6. The lowest BCUT2D eigenvalue weighted by Gasteiger charge is -2.16. The molecule has 0 radical (unpaired) electrons. The number of carbonyl (C=O) groups is 2. The van der Waals surface area contributed by atoms with Crippen molar-refractivity contribution in [3.8, 4) is 0 Å². The van der Waals surface area contributed by atoms with Crippen molar-refractivity contribution in [2.45, 2.75) is 51.6 Å². The van der Waals surface area contributed by atoms with Gasteiger partial charge in [0.15, 0.2) is 0 Å². The van der Waals surface area contributed by atoms with E-state index in [0.29, 0.717) is 19.6 Å². The van der Waals surface area contributed by atoms with E-state index < -0.39 is 0 Å². The average molecular weight is 367 g/mol. The third-order valence-electron chi connectivity index (χ3n) is 5.50. The zero-order chi connectivity index (χ0) is 18.6. The van der Waals surface area contributed by atoms with Gasteiger partial charge in [-0.25, -0.2) is 0 Å². The summed E-state index contributed by atoms with van der Waals surface area (Å²) in [7, 11) is 0. The van der Waals surface area contributed by atoms with Gasteiger partial charge >= 0.3 is 0 Å². The number of aromatic nitrogens is 3. The molecule has 1 saturated heterocycles. The summed E-state index contributed by atoms with van der Waals surface area (Å²) in [5.41, 5.74) is 4.41. The first-order valence-electron chi connectivity index (χ1n) is 9.70. The molecule has 27 heavy (non-hydrogen) atoms. The minimum absolute atomic E-state index is 0.0210. The van der Waals surface area contributed by atoms with Crippen molar-refractivity contribution in [1.82, 2.24) is 25.4 Å². The second kappa shape index (κ2) is 7.90. The van der Waals surface area contributed by atoms with Gasteiger partial charge in [0.25, 0.3) is 0 Å². The minimum Gasteiger partial charge on any atom is -0.350 e. The second-order valence-electron chi connectivity index (χ2n) is 7.44. The van der Waals surface area contributed by atoms with Crippen LogP contribution in [0, 0.1) is 5.92 Å². The van der Waals surface area contributed by atoms with Gasteiger partial charge in [-0.15, -0.1) is 0 Å². The van der Waals surface area contributed by atoms with E-state index in [4.69, 9.17) is 0 Å². The molecule has 1 atom stereocenters. The number of hydrogen-bond donors (Lipinski definition) is 2. The van der Waals surface area contributed by atoms with Crippen LogP contribution in [0.1, 0.15) is 48.2 Å². The first-order chi connectivity index (χ1) is 13.2. The predicted molar refractivity (Wildman–Crippen MR) is 99.5 cm³/mol. The van der Waals surface area contributed by atoms with Gasteiger partial charge in [-0.1, -0.05) is 12.5 Å². The Labute approximate surface area is 158 Å². The fourth-order valence-corrected chi connectivity index (χ4v) is 4.00. The third-order valence-corrected chi connectivity index (χ3v) is 5.50. The van der Waals surface area contributed by atoms with Gasteiger partial charge in [-0.2, -0.15) is 5.10 Å². The van der Waals surface area contributed by atoms with Crippen LogP contribution in [0.2, 0.25) is 0 Å². The van der Waals surface area contributed by atoms with E-state index in [2.05, 4.69) is 20.5 Å². The molecule has 0 aromatic carbocycles. The van der Waals surface area contributed by atoms with Crippen molar-refractivity contribution >= 4 is 11.8 Å². The Morgan fingerprint density at radius 1 is 1.30 bits per heavy atom. The quantitative estimate of drug-likeness (QED) is 0.788. The Hall–Kier alpha value is -2.70. The summed E-state index contributed by atoms with van der Waals surface area (Å²) in [6.45, 7) is 1.39. The predicted octanol–water partition coefficient (Wildman–Crippen LogP) is 1.74. The van der Waals surface area contributed by atoms with Crippen LogP contribution >= 0.6 is 0 Å². The van der Waals surface area contributed by atoms with Crippen molar-refractivity contribution in [2.24, 2.45) is 5.92 Å². The maximum Gasteiger partial charge on any atom is 0.225 e. The number of rotatable bonds is 5. The number of aryl methyl sites for hydroxylation is 1. The molecule has 2 aromatic heterocycles. The minimum atomic E-state index is -0.299. The van der Waals surface area contributed by atoms with Crippen LogP contribution in [0.4, 0.5) is 0 Å². The summed E-state index contributed by atoms with van der Waals surface area (Å²) in [5, 5.41) is 10.5. The molecule has 3 heterocycles. The van der Waals surface area contributed by atoms with Crippen LogP contribution in [0.25, 0.3) is 0 Å². The van der Waals surface area contributed by atoms with E-state index in [-0.39, 0.29) is 24.2 Å². The highest BCUT2D eigenvalue weighted by Gasteiger charge is 2.34. The van der Waals surface area contributed by atoms with E-state index >= 15 is 0 Å². The molecule has 0 bridgehead atoms. The summed E-state index contributed by atoms with van der Waals surface area (Å²) in [6.07, 6.45) is 9.40. The lowest BCUT2D eigenvalue weighted by molar-refractivity contribution is -0.129. The molecule has 7 heteroatoms. The fourth-order valence-electron chi connectivity index (χ4n) is 4.00. The smallest absolute Gasteiger partial charge is 0.225 e. The van der Waals surface area contributed by atoms with Crippen molar-refractivity contribution < 1.29 is 9.59 Å². The number of likely N-dealkylation sites (tertiary alicyclic amines) is 1. The Morgan fingerprint density at radius 3 is 3.04 bits per heavy atom. The summed E-state index contributed by atoms with van der Waals surface area (Å²) in [6, 6.07) is 3.80. The number of pyridine rings is 1. The van der Waals surface area contributed by atoms with Gasteiger partial charge < -0.3 is 10.2 Å². The third kappa shape index (κ3) is 4.02. The summed E-state index contributed by atoms with van der Waals surface area (Å²) in [5.74, 6) is -0.346. The molecule has 1 aliphatic carbocycles. The number of aromatic amines is 1. The topological polar surface area (TPSA) is 91.0 Å². The zero-order valence-corrected chi connectivity index (χ0v) is 15.4. The van der Waals surface area contributed by atoms with Crippen molar-refractivity contribution in [3.05, 3.63) is 47.0 Å². The summed E-state index contributed by atoms with van der Waals surface area (Å²) in [4.78, 5) is 30.7. The second-order valence-corrected chi connectivity index (χ2v) is 7.44. The fraction of sp³-hybridized carbons (Fsp3) is 0.500. The van der Waals surface area contributed by atoms with Gasteiger partial charge in [-0.05, 0) is 42.9 Å². The molecule has 0 spiro atoms. The number of nitrogens with one attached hydrogen (secondary N) is 2. The van der Waals surface area contributed by atoms with E-state index in [1.165, 1.54) is 30.5 Å². The standard InChI is InChI=1S/C20H25N5O2/c26-19-9-15(13-25(19)12-14-5-4-8-21-10-14)20(27)22-11-18-16-6-2-1-3-7-17(16)23-24-18/h4-5,8,10,15H,1-3,6-7,9,11-13H2,(H,22,27)(H,23,24)/t15-/m1/s1. The molecule has 2 amide bonds. The molecule has 1 fully saturated rings. The highest BCUT2D eigenvalue weighted by molar-refractivity contribution is 5.89. The van der Waals surface area contributed by atoms with Gasteiger partial charge in [-0.3, -0.25) is 19.7 Å². The van der Waals surface area contributed by atoms with E-state index in [9.17, 15) is 9.59 Å². The molecule has 2 N–H and O–H groups in total. The van der Waals surface area contributed by atoms with Crippen LogP contribution in [0.15, 0.2) is 24.5 Å². The number of nitrogens with zero attached hydrogens (tertiary/aromatic N) is 3. The number of fused-ring (bicyclic) bond motifs is 1. The molecular formula is C20H25N5O2. The maximum absolute atomic E-state index is 12.6. The highest BCUT2D eigenvalue weighted by atomic mass is 16.2. The molecule has 142 valence electrons. The van der Waals surface area contributed by atoms with E-state index in [1.54, 1.807) is 17.3 Å². The molecule has 4 rings (SSSR count). The van der Waals surface area contributed by atoms with Crippen molar-refractivity contribution in [1.29, 1.82) is 0 Å². The Balaban J connectivity index is 1.33. The van der Waals surface area contributed by atoms with Crippen molar-refractivity contribution in [2.75, 3.05) is 6.54 Å². The summed E-state index contributed by atoms with van der Waals surface area (Å²) >= 11 is 0. The first-order valence-corrected chi connectivity index (χ1v) is 9.70. The van der Waals surface area contributed by atoms with Crippen LogP contribution < -0.4 is 5.32 Å². The number of carbonyl (C=O) groups excluding carboxylic acids is 2. The van der Waals surface area contributed by atoms with Gasteiger partial charge in [0.05, 0.1) is 18.2 Å². The molecule has 2 aromatic rings. The largest absolute Gasteiger partial charge is 0.350 e. The highest BCUT2D eigenvalue weighted by Crippen LogP contribution is 2.23. The molecule has 1 aliphatic heterocycles. The average Bonchev–Trinajstić information content (AvgIpc) is 3.15. The van der Waals surface area contributed by atoms with Crippen LogP contribution in [-0.2, 0) is 35.5 Å². The molecular weight excluding hydrogens is 342 g/mol. The van der Waals surface area contributed by atoms with Crippen LogP contribution in [0.5, 0.6) is 0 Å². The zero-order valence-electron chi connectivity index (χ0n) is 15.4. The maximum atomic E-state index is 12.6. The number of H-pyrrole nitrogens is 1. The van der Waals surface area contributed by atoms with Gasteiger partial charge in [0.2, 0.25) is 11.8 Å². The number of hydrogen-bond acceptors (Lipinski definition) is 4. The first kappa shape index (κ1) is 17.7. The Bertz CT molecular complexity index is 817. The summed E-state index contributed by atoms with van der Waals surface area (Å²) < 4.78 is 0. The van der Waals surface area contributed by atoms with Gasteiger partial charge in [0, 0.05) is 37.6 Å². The molecule has 0 unspecified atom stereocenters. The molecule has 0 saturated carbocycles. The van der Waals surface area contributed by atoms with Gasteiger partial charge in [0.1, 0.15) is 0 Å². The van der Waals surface area contributed by atoms with Crippen LogP contribution in [0.3, 0.4) is 0 Å². The lowest BCUT2D eigenvalue weighted by Crippen LogP contribution is -2.32. The Morgan fingerprint density at radius 2 is 2.19 bits per heavy atom. The van der Waals surface area contributed by atoms with Crippen molar-refractivity contribution in [3.63, 3.8) is 0 Å². The van der Waals surface area contributed by atoms with Crippen LogP contribution in [-0.4, -0.2) is 38.4 Å². The lowest BCUT2D eigenvalue weighted by atomic mass is 10.1. The van der Waals surface area contributed by atoms with E-state index in [0.717, 1.165) is 24.1 Å². The number of amides is 2.